The molecule has 1 unspecified atom stereocenters. The first-order valence-corrected chi connectivity index (χ1v) is 13.8. The molecule has 4 heteroatoms. The normalized spacial score (nSPS) is 11.9. The quantitative estimate of drug-likeness (QED) is 0.160. The molecule has 1 heterocycles. The van der Waals surface area contributed by atoms with Crippen molar-refractivity contribution in [2.24, 2.45) is 0 Å². The van der Waals surface area contributed by atoms with E-state index in [1.807, 2.05) is 26.2 Å². The van der Waals surface area contributed by atoms with Gasteiger partial charge in [0.2, 0.25) is 0 Å². The van der Waals surface area contributed by atoms with Crippen LogP contribution in [0.15, 0.2) is 60.9 Å². The molecular formula is C32H42N2O2. The van der Waals surface area contributed by atoms with Crippen LogP contribution in [0.4, 0.5) is 0 Å². The molecular weight excluding hydrogens is 444 g/mol. The van der Waals surface area contributed by atoms with Crippen LogP contribution >= 0.6 is 0 Å². The first kappa shape index (κ1) is 27.6. The maximum absolute atomic E-state index is 11.5. The third kappa shape index (κ3) is 9.22. The fourth-order valence-corrected chi connectivity index (χ4v) is 4.42. The summed E-state index contributed by atoms with van der Waals surface area (Å²) in [6.07, 6.45) is 16.7. The van der Waals surface area contributed by atoms with Crippen LogP contribution in [0, 0.1) is 0 Å². The van der Waals surface area contributed by atoms with Gasteiger partial charge in [-0.1, -0.05) is 107 Å². The van der Waals surface area contributed by atoms with E-state index in [2.05, 4.69) is 65.4 Å². The van der Waals surface area contributed by atoms with Crippen molar-refractivity contribution in [2.45, 2.75) is 97.5 Å². The van der Waals surface area contributed by atoms with Gasteiger partial charge in [0.25, 0.3) is 0 Å². The molecule has 0 saturated heterocycles. The molecule has 0 saturated carbocycles. The second kappa shape index (κ2) is 15.2. The smallest absolute Gasteiger partial charge is 0.305 e. The summed E-state index contributed by atoms with van der Waals surface area (Å²) in [5.41, 5.74) is 5.72. The van der Waals surface area contributed by atoms with Gasteiger partial charge >= 0.3 is 5.97 Å². The number of carbonyl (C=O) groups is 1. The zero-order valence-corrected chi connectivity index (χ0v) is 22.3. The summed E-state index contributed by atoms with van der Waals surface area (Å²) in [6.45, 7) is 6.02. The lowest BCUT2D eigenvalue weighted by Crippen LogP contribution is -2.16. The van der Waals surface area contributed by atoms with Crippen LogP contribution in [0.2, 0.25) is 0 Å². The van der Waals surface area contributed by atoms with Gasteiger partial charge in [0.15, 0.2) is 5.82 Å². The van der Waals surface area contributed by atoms with Crippen molar-refractivity contribution in [1.29, 1.82) is 0 Å². The Bertz CT molecular complexity index is 1030. The molecule has 0 radical (unpaired) electrons. The Balaban J connectivity index is 1.47. The molecule has 1 atom stereocenters. The molecule has 4 nitrogen and oxygen atoms in total. The van der Waals surface area contributed by atoms with Gasteiger partial charge in [-0.05, 0) is 42.0 Å². The Morgan fingerprint density at radius 3 is 1.83 bits per heavy atom. The van der Waals surface area contributed by atoms with E-state index in [1.54, 1.807) is 0 Å². The lowest BCUT2D eigenvalue weighted by atomic mass is 10.0. The Kier molecular flexibility index (Phi) is 11.6. The van der Waals surface area contributed by atoms with Crippen molar-refractivity contribution in [3.05, 3.63) is 72.1 Å². The van der Waals surface area contributed by atoms with E-state index in [1.165, 1.54) is 56.9 Å². The van der Waals surface area contributed by atoms with Crippen LogP contribution in [0.25, 0.3) is 22.5 Å². The minimum absolute atomic E-state index is 0.116. The number of esters is 1. The number of hydrogen-bond donors (Lipinski definition) is 0. The maximum atomic E-state index is 11.5. The minimum Gasteiger partial charge on any atom is -0.462 e. The second-order valence-corrected chi connectivity index (χ2v) is 9.77. The van der Waals surface area contributed by atoms with E-state index in [4.69, 9.17) is 4.74 Å². The van der Waals surface area contributed by atoms with Crippen LogP contribution in [0.1, 0.15) is 89.7 Å². The lowest BCUT2D eigenvalue weighted by molar-refractivity contribution is -0.147. The second-order valence-electron chi connectivity index (χ2n) is 9.77. The largest absolute Gasteiger partial charge is 0.462 e. The van der Waals surface area contributed by atoms with Gasteiger partial charge in [0, 0.05) is 30.8 Å². The highest BCUT2D eigenvalue weighted by Gasteiger charge is 2.09. The highest BCUT2D eigenvalue weighted by atomic mass is 16.5. The Morgan fingerprint density at radius 1 is 0.722 bits per heavy atom. The SMILES string of the molecule is CCCCCCCCCCc1cnc(-c2ccc(-c3ccc(CC(C)OC(=O)CC)cc3)cc2)nc1. The van der Waals surface area contributed by atoms with Gasteiger partial charge < -0.3 is 4.74 Å². The fourth-order valence-electron chi connectivity index (χ4n) is 4.42. The molecule has 0 aliphatic heterocycles. The van der Waals surface area contributed by atoms with Gasteiger partial charge in [0.1, 0.15) is 6.10 Å². The van der Waals surface area contributed by atoms with Crippen molar-refractivity contribution in [2.75, 3.05) is 0 Å². The lowest BCUT2D eigenvalue weighted by Gasteiger charge is -2.13. The Labute approximate surface area is 217 Å². The van der Waals surface area contributed by atoms with Crippen LogP contribution in [-0.4, -0.2) is 22.0 Å². The van der Waals surface area contributed by atoms with E-state index >= 15 is 0 Å². The van der Waals surface area contributed by atoms with E-state index in [0.717, 1.165) is 40.9 Å². The Morgan fingerprint density at radius 2 is 1.25 bits per heavy atom. The van der Waals surface area contributed by atoms with E-state index < -0.39 is 0 Å². The van der Waals surface area contributed by atoms with E-state index in [9.17, 15) is 4.79 Å². The highest BCUT2D eigenvalue weighted by molar-refractivity contribution is 5.69. The van der Waals surface area contributed by atoms with Gasteiger partial charge in [-0.2, -0.15) is 0 Å². The predicted molar refractivity (Wildman–Crippen MR) is 149 cm³/mol. The molecule has 0 aliphatic carbocycles. The van der Waals surface area contributed by atoms with Crippen LogP contribution in [-0.2, 0) is 22.4 Å². The first-order chi connectivity index (χ1) is 17.6. The number of rotatable bonds is 15. The monoisotopic (exact) mass is 486 g/mol. The standard InChI is InChI=1S/C32H42N2O2/c1-4-6-7-8-9-10-11-12-13-27-23-33-32(34-24-27)30-20-18-29(19-21-30)28-16-14-26(15-17-28)22-25(3)36-31(35)5-2/h14-21,23-25H,4-13,22H2,1-3H3. The summed E-state index contributed by atoms with van der Waals surface area (Å²) in [7, 11) is 0. The van der Waals surface area contributed by atoms with Crippen molar-refractivity contribution in [3.8, 4) is 22.5 Å². The number of nitrogens with zero attached hydrogens (tertiary/aromatic N) is 2. The average Bonchev–Trinajstić information content (AvgIpc) is 2.91. The number of hydrogen-bond acceptors (Lipinski definition) is 4. The number of carbonyl (C=O) groups excluding carboxylic acids is 1. The predicted octanol–water partition coefficient (Wildman–Crippen LogP) is 8.38. The van der Waals surface area contributed by atoms with Crippen LogP contribution in [0.5, 0.6) is 0 Å². The number of ether oxygens (including phenoxy) is 1. The molecule has 0 fully saturated rings. The summed E-state index contributed by atoms with van der Waals surface area (Å²) >= 11 is 0. The molecule has 0 N–H and O–H groups in total. The molecule has 1 aromatic heterocycles. The number of aromatic nitrogens is 2. The van der Waals surface area contributed by atoms with Crippen LogP contribution < -0.4 is 0 Å². The average molecular weight is 487 g/mol. The minimum atomic E-state index is -0.152. The van der Waals surface area contributed by atoms with Gasteiger partial charge in [-0.3, -0.25) is 4.79 Å². The summed E-state index contributed by atoms with van der Waals surface area (Å²) in [6, 6.07) is 16.9. The molecule has 3 aromatic rings. The van der Waals surface area contributed by atoms with Crippen molar-refractivity contribution < 1.29 is 9.53 Å². The molecule has 0 aliphatic rings. The molecule has 0 amide bonds. The summed E-state index contributed by atoms with van der Waals surface area (Å²) < 4.78 is 5.37. The van der Waals surface area contributed by atoms with Gasteiger partial charge in [-0.15, -0.1) is 0 Å². The molecule has 0 bridgehead atoms. The number of unbranched alkanes of at least 4 members (excludes halogenated alkanes) is 7. The summed E-state index contributed by atoms with van der Waals surface area (Å²) in [5, 5.41) is 0. The maximum Gasteiger partial charge on any atom is 0.305 e. The van der Waals surface area contributed by atoms with Crippen molar-refractivity contribution in [3.63, 3.8) is 0 Å². The fraction of sp³-hybridized carbons (Fsp3) is 0.469. The zero-order valence-electron chi connectivity index (χ0n) is 22.3. The molecule has 36 heavy (non-hydrogen) atoms. The third-order valence-electron chi connectivity index (χ3n) is 6.60. The number of benzene rings is 2. The van der Waals surface area contributed by atoms with Gasteiger partial charge in [0.05, 0.1) is 0 Å². The van der Waals surface area contributed by atoms with E-state index in [0.29, 0.717) is 6.42 Å². The molecule has 0 spiro atoms. The molecule has 192 valence electrons. The Hall–Kier alpha value is -3.01. The summed E-state index contributed by atoms with van der Waals surface area (Å²) in [5.74, 6) is 0.619. The third-order valence-corrected chi connectivity index (χ3v) is 6.60. The number of aryl methyl sites for hydroxylation is 1. The van der Waals surface area contributed by atoms with Crippen molar-refractivity contribution in [1.82, 2.24) is 9.97 Å². The van der Waals surface area contributed by atoms with Gasteiger partial charge in [-0.25, -0.2) is 9.97 Å². The highest BCUT2D eigenvalue weighted by Crippen LogP contribution is 2.24. The zero-order chi connectivity index (χ0) is 25.6. The molecule has 3 rings (SSSR count). The summed E-state index contributed by atoms with van der Waals surface area (Å²) in [4.78, 5) is 20.7. The van der Waals surface area contributed by atoms with Crippen LogP contribution in [0.3, 0.4) is 0 Å². The first-order valence-electron chi connectivity index (χ1n) is 13.8. The van der Waals surface area contributed by atoms with E-state index in [-0.39, 0.29) is 12.1 Å². The topological polar surface area (TPSA) is 52.1 Å². The molecule has 2 aromatic carbocycles. The van der Waals surface area contributed by atoms with Crippen molar-refractivity contribution >= 4 is 5.97 Å².